The number of aromatic nitrogens is 3. The third kappa shape index (κ3) is 2.48. The number of hydrogen-bond donors (Lipinski definition) is 1. The van der Waals surface area contributed by atoms with E-state index in [0.717, 1.165) is 10.9 Å². The Balaban J connectivity index is 2.42. The summed E-state index contributed by atoms with van der Waals surface area (Å²) in [6, 6.07) is 1.96. The Morgan fingerprint density at radius 2 is 2.33 bits per heavy atom. The molecule has 0 spiro atoms. The quantitative estimate of drug-likeness (QED) is 0.836. The summed E-state index contributed by atoms with van der Waals surface area (Å²) in [5.74, 6) is 0.972. The van der Waals surface area contributed by atoms with Crippen molar-refractivity contribution < 1.29 is 4.74 Å². The van der Waals surface area contributed by atoms with Gasteiger partial charge in [0, 0.05) is 17.8 Å². The molecule has 92 valence electrons. The first-order valence-electron chi connectivity index (χ1n) is 5.73. The van der Waals surface area contributed by atoms with Crippen molar-refractivity contribution >= 4 is 17.1 Å². The lowest BCUT2D eigenvalue weighted by Gasteiger charge is -2.08. The molecule has 0 unspecified atom stereocenters. The second-order valence-corrected chi connectivity index (χ2v) is 4.31. The van der Waals surface area contributed by atoms with Gasteiger partial charge in [0.15, 0.2) is 0 Å². The van der Waals surface area contributed by atoms with Gasteiger partial charge in [-0.05, 0) is 12.0 Å². The highest BCUT2D eigenvalue weighted by molar-refractivity contribution is 5.90. The molecule has 2 heterocycles. The third-order valence-electron chi connectivity index (χ3n) is 2.36. The van der Waals surface area contributed by atoms with Crippen LogP contribution in [0.15, 0.2) is 18.6 Å². The second kappa shape index (κ2) is 5.32. The van der Waals surface area contributed by atoms with Crippen LogP contribution in [0.3, 0.4) is 0 Å². The summed E-state index contributed by atoms with van der Waals surface area (Å²) >= 11 is 0. The molecule has 2 aromatic rings. The van der Waals surface area contributed by atoms with E-state index in [9.17, 15) is 0 Å². The summed E-state index contributed by atoms with van der Waals surface area (Å²) in [5, 5.41) is 9.38. The molecular formula is C13H14N4O. The second-order valence-electron chi connectivity index (χ2n) is 4.31. The van der Waals surface area contributed by atoms with E-state index in [-0.39, 0.29) is 0 Å². The molecule has 18 heavy (non-hydrogen) atoms. The topological polar surface area (TPSA) is 74.6 Å². The zero-order valence-electron chi connectivity index (χ0n) is 10.3. The lowest BCUT2D eigenvalue weighted by molar-refractivity contribution is 0.264. The molecule has 0 saturated carbocycles. The molecule has 0 aliphatic rings. The average molecular weight is 242 g/mol. The largest absolute Gasteiger partial charge is 0.477 e. The highest BCUT2D eigenvalue weighted by atomic mass is 16.5. The van der Waals surface area contributed by atoms with Crippen molar-refractivity contribution in [3.63, 3.8) is 0 Å². The van der Waals surface area contributed by atoms with E-state index >= 15 is 0 Å². The summed E-state index contributed by atoms with van der Waals surface area (Å²) in [4.78, 5) is 11.3. The number of ether oxygens (including phenoxy) is 1. The van der Waals surface area contributed by atoms with Crippen LogP contribution >= 0.6 is 0 Å². The van der Waals surface area contributed by atoms with Gasteiger partial charge in [-0.15, -0.1) is 0 Å². The molecule has 0 aromatic carbocycles. The molecule has 0 amide bonds. The van der Waals surface area contributed by atoms with Crippen molar-refractivity contribution in [1.82, 2.24) is 15.0 Å². The molecule has 5 nitrogen and oxygen atoms in total. The van der Waals surface area contributed by atoms with Crippen molar-refractivity contribution in [2.75, 3.05) is 6.61 Å². The molecular weight excluding hydrogens is 228 g/mol. The van der Waals surface area contributed by atoms with Crippen molar-refractivity contribution in [2.24, 2.45) is 5.92 Å². The van der Waals surface area contributed by atoms with Crippen LogP contribution < -0.4 is 4.74 Å². The fourth-order valence-corrected chi connectivity index (χ4v) is 1.57. The summed E-state index contributed by atoms with van der Waals surface area (Å²) in [7, 11) is 0. The van der Waals surface area contributed by atoms with E-state index < -0.39 is 0 Å². The van der Waals surface area contributed by atoms with Crippen LogP contribution in [0.25, 0.3) is 17.1 Å². The molecule has 2 aromatic heterocycles. The first-order valence-corrected chi connectivity index (χ1v) is 5.73. The molecule has 5 heteroatoms. The van der Waals surface area contributed by atoms with Crippen molar-refractivity contribution in [3.05, 3.63) is 24.2 Å². The number of nitrogens with one attached hydrogen (secondary N) is 1. The zero-order chi connectivity index (χ0) is 13.0. The van der Waals surface area contributed by atoms with Gasteiger partial charge in [-0.25, -0.2) is 9.97 Å². The number of fused-ring (bicyclic) bond motifs is 1. The lowest BCUT2D eigenvalue weighted by Crippen LogP contribution is -2.06. The third-order valence-corrected chi connectivity index (χ3v) is 2.36. The maximum absolute atomic E-state index is 8.57. The first-order chi connectivity index (χ1) is 8.72. The number of nitriles is 1. The standard InChI is InChI=1S/C13H14N4O/c1-9(2)7-18-13-11-10(4-3-5-14)6-15-12(11)16-8-17-13/h3-4,6,8-9H,7H2,1-2H3,(H,15,16,17). The minimum Gasteiger partial charge on any atom is -0.477 e. The molecule has 0 aliphatic heterocycles. The number of rotatable bonds is 4. The molecule has 0 fully saturated rings. The van der Waals surface area contributed by atoms with Crippen molar-refractivity contribution in [1.29, 1.82) is 5.26 Å². The van der Waals surface area contributed by atoms with Crippen molar-refractivity contribution in [3.8, 4) is 11.9 Å². The Kier molecular flexibility index (Phi) is 3.58. The van der Waals surface area contributed by atoms with E-state index in [1.165, 1.54) is 12.4 Å². The lowest BCUT2D eigenvalue weighted by atomic mass is 10.2. The van der Waals surface area contributed by atoms with Gasteiger partial charge in [-0.2, -0.15) is 5.26 Å². The van der Waals surface area contributed by atoms with E-state index in [2.05, 4.69) is 28.8 Å². The SMILES string of the molecule is CC(C)COc1ncnc2[nH]cc(C=CC#N)c12. The van der Waals surface area contributed by atoms with Gasteiger partial charge in [0.05, 0.1) is 18.1 Å². The predicted molar refractivity (Wildman–Crippen MR) is 68.9 cm³/mol. The van der Waals surface area contributed by atoms with Crippen LogP contribution in [0, 0.1) is 17.2 Å². The highest BCUT2D eigenvalue weighted by Gasteiger charge is 2.10. The Labute approximate surface area is 105 Å². The monoisotopic (exact) mass is 242 g/mol. The normalized spacial score (nSPS) is 11.2. The molecule has 0 atom stereocenters. The van der Waals surface area contributed by atoms with Gasteiger partial charge in [0.2, 0.25) is 5.88 Å². The van der Waals surface area contributed by atoms with Gasteiger partial charge in [0.1, 0.15) is 12.0 Å². The maximum Gasteiger partial charge on any atom is 0.226 e. The van der Waals surface area contributed by atoms with Crippen LogP contribution in [0.2, 0.25) is 0 Å². The number of nitrogens with zero attached hydrogens (tertiary/aromatic N) is 3. The predicted octanol–water partition coefficient (Wildman–Crippen LogP) is 2.53. The van der Waals surface area contributed by atoms with E-state index in [1.807, 2.05) is 6.07 Å². The molecule has 0 aliphatic carbocycles. The average Bonchev–Trinajstić information content (AvgIpc) is 2.77. The van der Waals surface area contributed by atoms with Crippen LogP contribution in [0.1, 0.15) is 19.4 Å². The molecule has 1 N–H and O–H groups in total. The van der Waals surface area contributed by atoms with Crippen molar-refractivity contribution in [2.45, 2.75) is 13.8 Å². The Bertz CT molecular complexity index is 607. The van der Waals surface area contributed by atoms with Gasteiger partial charge < -0.3 is 9.72 Å². The number of H-pyrrole nitrogens is 1. The Morgan fingerprint density at radius 3 is 3.06 bits per heavy atom. The summed E-state index contributed by atoms with van der Waals surface area (Å²) in [5.41, 5.74) is 1.56. The van der Waals surface area contributed by atoms with Gasteiger partial charge in [-0.3, -0.25) is 0 Å². The highest BCUT2D eigenvalue weighted by Crippen LogP contribution is 2.26. The molecule has 0 bridgehead atoms. The summed E-state index contributed by atoms with van der Waals surface area (Å²) in [6.07, 6.45) is 6.38. The van der Waals surface area contributed by atoms with Gasteiger partial charge in [0.25, 0.3) is 0 Å². The van der Waals surface area contributed by atoms with E-state index in [0.29, 0.717) is 24.1 Å². The summed E-state index contributed by atoms with van der Waals surface area (Å²) < 4.78 is 5.67. The van der Waals surface area contributed by atoms with Gasteiger partial charge >= 0.3 is 0 Å². The van der Waals surface area contributed by atoms with Crippen LogP contribution in [-0.4, -0.2) is 21.6 Å². The number of aromatic amines is 1. The molecule has 0 radical (unpaired) electrons. The maximum atomic E-state index is 8.57. The van der Waals surface area contributed by atoms with Crippen LogP contribution in [0.4, 0.5) is 0 Å². The number of allylic oxidation sites excluding steroid dienone is 1. The van der Waals surface area contributed by atoms with Gasteiger partial charge in [-0.1, -0.05) is 13.8 Å². The smallest absolute Gasteiger partial charge is 0.226 e. The fraction of sp³-hybridized carbons (Fsp3) is 0.308. The Morgan fingerprint density at radius 1 is 1.50 bits per heavy atom. The van der Waals surface area contributed by atoms with E-state index in [1.54, 1.807) is 12.3 Å². The number of hydrogen-bond acceptors (Lipinski definition) is 4. The molecule has 2 rings (SSSR count). The molecule has 0 saturated heterocycles. The minimum absolute atomic E-state index is 0.423. The fourth-order valence-electron chi connectivity index (χ4n) is 1.57. The Hall–Kier alpha value is -2.35. The first kappa shape index (κ1) is 12.1. The minimum atomic E-state index is 0.423. The summed E-state index contributed by atoms with van der Waals surface area (Å²) in [6.45, 7) is 4.75. The van der Waals surface area contributed by atoms with E-state index in [4.69, 9.17) is 10.00 Å². The zero-order valence-corrected chi connectivity index (χ0v) is 10.3. The van der Waals surface area contributed by atoms with Crippen LogP contribution in [-0.2, 0) is 0 Å². The van der Waals surface area contributed by atoms with Crippen LogP contribution in [0.5, 0.6) is 5.88 Å².